The fourth-order valence-corrected chi connectivity index (χ4v) is 2.49. The highest BCUT2D eigenvalue weighted by atomic mass is 32.1. The van der Waals surface area contributed by atoms with Crippen molar-refractivity contribution in [1.29, 1.82) is 0 Å². The van der Waals surface area contributed by atoms with E-state index in [1.165, 1.54) is 11.3 Å². The Morgan fingerprint density at radius 2 is 1.94 bits per heavy atom. The molecule has 1 aromatic heterocycles. The van der Waals surface area contributed by atoms with Crippen molar-refractivity contribution < 1.29 is 9.90 Å². The van der Waals surface area contributed by atoms with Gasteiger partial charge in [0.05, 0.1) is 0 Å². The van der Waals surface area contributed by atoms with Gasteiger partial charge in [-0.25, -0.2) is 0 Å². The third-order valence-electron chi connectivity index (χ3n) is 2.49. The van der Waals surface area contributed by atoms with Crippen LogP contribution in [0.1, 0.15) is 21.9 Å². The summed E-state index contributed by atoms with van der Waals surface area (Å²) in [6.07, 6.45) is 0. The van der Waals surface area contributed by atoms with Crippen molar-refractivity contribution >= 4 is 17.3 Å². The third-order valence-corrected chi connectivity index (χ3v) is 3.42. The number of benzene rings is 1. The lowest BCUT2D eigenvalue weighted by Crippen LogP contribution is -2.11. The maximum absolute atomic E-state index is 11.3. The average molecular weight is 232 g/mol. The van der Waals surface area contributed by atoms with E-state index >= 15 is 0 Å². The second-order valence-electron chi connectivity index (χ2n) is 3.70. The first-order valence-electron chi connectivity index (χ1n) is 5.01. The Labute approximate surface area is 98.2 Å². The molecule has 1 aromatic carbocycles. The van der Waals surface area contributed by atoms with Crippen LogP contribution in [0.3, 0.4) is 0 Å². The number of carbonyl (C=O) groups is 1. The van der Waals surface area contributed by atoms with Crippen LogP contribution in [-0.2, 0) is 4.79 Å². The van der Waals surface area contributed by atoms with Crippen LogP contribution in [0.15, 0.2) is 41.8 Å². The average Bonchev–Trinajstić information content (AvgIpc) is 2.74. The highest BCUT2D eigenvalue weighted by Gasteiger charge is 2.22. The molecule has 0 aliphatic rings. The summed E-state index contributed by atoms with van der Waals surface area (Å²) in [4.78, 5) is 12.2. The van der Waals surface area contributed by atoms with Gasteiger partial charge in [-0.05, 0) is 23.9 Å². The Morgan fingerprint density at radius 3 is 2.44 bits per heavy atom. The summed E-state index contributed by atoms with van der Waals surface area (Å²) in [5.41, 5.74) is 1.97. The van der Waals surface area contributed by atoms with Crippen molar-refractivity contribution in [2.75, 3.05) is 0 Å². The molecule has 1 atom stereocenters. The van der Waals surface area contributed by atoms with E-state index in [4.69, 9.17) is 0 Å². The number of carboxylic acids is 1. The van der Waals surface area contributed by atoms with Gasteiger partial charge >= 0.3 is 5.97 Å². The predicted octanol–water partition coefficient (Wildman–Crippen LogP) is 3.27. The Hall–Kier alpha value is -1.61. The molecule has 3 heteroatoms. The molecule has 0 amide bonds. The van der Waals surface area contributed by atoms with E-state index in [1.807, 2.05) is 48.7 Å². The molecular weight excluding hydrogens is 220 g/mol. The predicted molar refractivity (Wildman–Crippen MR) is 65.0 cm³/mol. The molecular formula is C13H12O2S. The number of rotatable bonds is 3. The molecule has 2 aromatic rings. The molecule has 0 saturated heterocycles. The highest BCUT2D eigenvalue weighted by molar-refractivity contribution is 7.10. The van der Waals surface area contributed by atoms with Crippen LogP contribution < -0.4 is 0 Å². The molecule has 82 valence electrons. The first-order chi connectivity index (χ1) is 7.68. The second-order valence-corrected chi connectivity index (χ2v) is 4.68. The first-order valence-corrected chi connectivity index (χ1v) is 5.89. The summed E-state index contributed by atoms with van der Waals surface area (Å²) in [7, 11) is 0. The third kappa shape index (κ3) is 2.14. The number of thiophene rings is 1. The number of aliphatic carboxylic acids is 1. The maximum Gasteiger partial charge on any atom is 0.316 e. The number of hydrogen-bond acceptors (Lipinski definition) is 2. The minimum Gasteiger partial charge on any atom is -0.481 e. The molecule has 1 unspecified atom stereocenters. The molecule has 1 N–H and O–H groups in total. The highest BCUT2D eigenvalue weighted by Crippen LogP contribution is 2.28. The van der Waals surface area contributed by atoms with Crippen LogP contribution >= 0.6 is 11.3 Å². The summed E-state index contributed by atoms with van der Waals surface area (Å²) in [5.74, 6) is -1.34. The van der Waals surface area contributed by atoms with Gasteiger partial charge in [-0.2, -0.15) is 0 Å². The minimum absolute atomic E-state index is 0.541. The van der Waals surface area contributed by atoms with E-state index in [0.717, 1.165) is 16.0 Å². The zero-order valence-electron chi connectivity index (χ0n) is 8.88. The Kier molecular flexibility index (Phi) is 3.06. The standard InChI is InChI=1S/C13H12O2S/c1-9-4-6-10(7-5-9)12(13(14)15)11-3-2-8-16-11/h2-8,12H,1H3,(H,14,15). The maximum atomic E-state index is 11.3. The van der Waals surface area contributed by atoms with Gasteiger partial charge in [0, 0.05) is 4.88 Å². The molecule has 0 saturated carbocycles. The fraction of sp³-hybridized carbons (Fsp3) is 0.154. The molecule has 0 fully saturated rings. The monoisotopic (exact) mass is 232 g/mol. The van der Waals surface area contributed by atoms with Crippen molar-refractivity contribution in [1.82, 2.24) is 0 Å². The Bertz CT molecular complexity index is 471. The number of carboxylic acid groups (broad SMARTS) is 1. The lowest BCUT2D eigenvalue weighted by molar-refractivity contribution is -0.137. The lowest BCUT2D eigenvalue weighted by atomic mass is 9.97. The zero-order valence-corrected chi connectivity index (χ0v) is 9.70. The van der Waals surface area contributed by atoms with Gasteiger partial charge in [0.1, 0.15) is 5.92 Å². The smallest absolute Gasteiger partial charge is 0.316 e. The fourth-order valence-electron chi connectivity index (χ4n) is 1.64. The molecule has 1 heterocycles. The van der Waals surface area contributed by atoms with Gasteiger partial charge in [0.25, 0.3) is 0 Å². The SMILES string of the molecule is Cc1ccc(C(C(=O)O)c2cccs2)cc1. The van der Waals surface area contributed by atoms with Crippen LogP contribution in [0.5, 0.6) is 0 Å². The molecule has 2 rings (SSSR count). The molecule has 0 spiro atoms. The van der Waals surface area contributed by atoms with E-state index in [1.54, 1.807) is 0 Å². The van der Waals surface area contributed by atoms with Gasteiger partial charge < -0.3 is 5.11 Å². The van der Waals surface area contributed by atoms with E-state index in [9.17, 15) is 9.90 Å². The van der Waals surface area contributed by atoms with Crippen LogP contribution in [0.25, 0.3) is 0 Å². The summed E-state index contributed by atoms with van der Waals surface area (Å²) in [6.45, 7) is 1.99. The molecule has 0 radical (unpaired) electrons. The first kappa shape index (κ1) is 10.9. The zero-order chi connectivity index (χ0) is 11.5. The van der Waals surface area contributed by atoms with Crippen molar-refractivity contribution in [3.8, 4) is 0 Å². The van der Waals surface area contributed by atoms with E-state index < -0.39 is 11.9 Å². The van der Waals surface area contributed by atoms with Crippen molar-refractivity contribution in [2.45, 2.75) is 12.8 Å². The van der Waals surface area contributed by atoms with Crippen LogP contribution in [0, 0.1) is 6.92 Å². The summed E-state index contributed by atoms with van der Waals surface area (Å²) in [5, 5.41) is 11.2. The largest absolute Gasteiger partial charge is 0.481 e. The Morgan fingerprint density at radius 1 is 1.25 bits per heavy atom. The van der Waals surface area contributed by atoms with Gasteiger partial charge in [-0.3, -0.25) is 4.79 Å². The lowest BCUT2D eigenvalue weighted by Gasteiger charge is -2.10. The number of hydrogen-bond donors (Lipinski definition) is 1. The summed E-state index contributed by atoms with van der Waals surface area (Å²) >= 11 is 1.48. The molecule has 2 nitrogen and oxygen atoms in total. The molecule has 0 aliphatic carbocycles. The van der Waals surface area contributed by atoms with Crippen molar-refractivity contribution in [3.05, 3.63) is 57.8 Å². The van der Waals surface area contributed by atoms with Crippen molar-refractivity contribution in [3.63, 3.8) is 0 Å². The van der Waals surface area contributed by atoms with Gasteiger partial charge in [-0.15, -0.1) is 11.3 Å². The Balaban J connectivity index is 2.41. The normalized spacial score (nSPS) is 12.3. The van der Waals surface area contributed by atoms with Crippen LogP contribution in [0.4, 0.5) is 0 Å². The molecule has 0 bridgehead atoms. The quantitative estimate of drug-likeness (QED) is 0.881. The number of aryl methyl sites for hydroxylation is 1. The van der Waals surface area contributed by atoms with E-state index in [0.29, 0.717) is 0 Å². The summed E-state index contributed by atoms with van der Waals surface area (Å²) in [6, 6.07) is 11.4. The summed E-state index contributed by atoms with van der Waals surface area (Å²) < 4.78 is 0. The van der Waals surface area contributed by atoms with Gasteiger partial charge in [-0.1, -0.05) is 35.9 Å². The van der Waals surface area contributed by atoms with Crippen LogP contribution in [-0.4, -0.2) is 11.1 Å². The van der Waals surface area contributed by atoms with E-state index in [2.05, 4.69) is 0 Å². The molecule has 16 heavy (non-hydrogen) atoms. The van der Waals surface area contributed by atoms with Crippen LogP contribution in [0.2, 0.25) is 0 Å². The second kappa shape index (κ2) is 4.49. The van der Waals surface area contributed by atoms with Gasteiger partial charge in [0.15, 0.2) is 0 Å². The van der Waals surface area contributed by atoms with Gasteiger partial charge in [0.2, 0.25) is 0 Å². The minimum atomic E-state index is -0.800. The van der Waals surface area contributed by atoms with Crippen molar-refractivity contribution in [2.24, 2.45) is 0 Å². The van der Waals surface area contributed by atoms with E-state index in [-0.39, 0.29) is 0 Å². The topological polar surface area (TPSA) is 37.3 Å². The molecule has 0 aliphatic heterocycles.